The second-order valence-electron chi connectivity index (χ2n) is 12.5. The SMILES string of the molecule is C=CC(=O)Oc1ccc(-c2ccc(OC(=O)C=C)c(C(c3ccc(-c4ccccc4)cc3)c3cc(-c4ccc(OC(=O)C=C)cc4)ccc3OC(=O)C=C)c2)cc1. The molecule has 8 nitrogen and oxygen atoms in total. The van der Waals surface area contributed by atoms with Crippen LogP contribution in [-0.2, 0) is 19.2 Å². The van der Waals surface area contributed by atoms with Gasteiger partial charge in [0.05, 0.1) is 0 Å². The number of benzene rings is 6. The van der Waals surface area contributed by atoms with Gasteiger partial charge in [-0.15, -0.1) is 0 Å². The Bertz CT molecular complexity index is 2340. The van der Waals surface area contributed by atoms with Gasteiger partial charge in [-0.1, -0.05) is 117 Å². The minimum Gasteiger partial charge on any atom is -0.423 e. The average molecular weight is 753 g/mol. The van der Waals surface area contributed by atoms with Gasteiger partial charge in [-0.2, -0.15) is 0 Å². The van der Waals surface area contributed by atoms with Crippen LogP contribution in [0.15, 0.2) is 190 Å². The van der Waals surface area contributed by atoms with Gasteiger partial charge in [-0.25, -0.2) is 19.2 Å². The zero-order valence-corrected chi connectivity index (χ0v) is 30.8. The summed E-state index contributed by atoms with van der Waals surface area (Å²) >= 11 is 0. The molecular formula is C49H36O8. The van der Waals surface area contributed by atoms with E-state index in [0.29, 0.717) is 22.6 Å². The summed E-state index contributed by atoms with van der Waals surface area (Å²) in [6.07, 6.45) is 4.33. The number of esters is 4. The molecule has 0 aliphatic rings. The fourth-order valence-corrected chi connectivity index (χ4v) is 6.16. The van der Waals surface area contributed by atoms with Crippen molar-refractivity contribution in [1.82, 2.24) is 0 Å². The first-order valence-corrected chi connectivity index (χ1v) is 17.7. The predicted octanol–water partition coefficient (Wildman–Crippen LogP) is 10.2. The fraction of sp³-hybridized carbons (Fsp3) is 0.0204. The standard InChI is InChI=1S/C49H36O8/c1-5-45(50)54-39-24-18-34(19-25-39)37-22-28-43(56-47(52)7-3)41(30-37)49(36-16-14-33(15-17-36)32-12-10-9-11-13-32)42-31-38(23-29-44(42)57-48(53)8-4)35-20-26-40(27-21-35)55-46(51)6-2/h5-31,49H,1-4H2. The van der Waals surface area contributed by atoms with Gasteiger partial charge >= 0.3 is 23.9 Å². The minimum atomic E-state index is -0.699. The molecule has 0 unspecified atom stereocenters. The maximum Gasteiger partial charge on any atom is 0.335 e. The molecule has 0 radical (unpaired) electrons. The second kappa shape index (κ2) is 18.0. The van der Waals surface area contributed by atoms with Crippen LogP contribution in [0.3, 0.4) is 0 Å². The van der Waals surface area contributed by atoms with Crippen molar-refractivity contribution in [3.8, 4) is 56.4 Å². The molecule has 0 bridgehead atoms. The molecule has 0 fully saturated rings. The van der Waals surface area contributed by atoms with Crippen LogP contribution in [0.1, 0.15) is 22.6 Å². The molecular weight excluding hydrogens is 717 g/mol. The molecule has 8 heteroatoms. The zero-order chi connectivity index (χ0) is 40.3. The Balaban J connectivity index is 1.58. The summed E-state index contributed by atoms with van der Waals surface area (Å²) in [5.74, 6) is -2.02. The average Bonchev–Trinajstić information content (AvgIpc) is 3.25. The van der Waals surface area contributed by atoms with Gasteiger partial charge in [0, 0.05) is 41.3 Å². The highest BCUT2D eigenvalue weighted by Crippen LogP contribution is 2.45. The van der Waals surface area contributed by atoms with Crippen LogP contribution in [0.25, 0.3) is 33.4 Å². The van der Waals surface area contributed by atoms with E-state index >= 15 is 0 Å². The predicted molar refractivity (Wildman–Crippen MR) is 220 cm³/mol. The molecule has 0 amide bonds. The molecule has 6 rings (SSSR count). The van der Waals surface area contributed by atoms with E-state index in [1.165, 1.54) is 0 Å². The van der Waals surface area contributed by atoms with Gasteiger partial charge in [0.1, 0.15) is 23.0 Å². The van der Waals surface area contributed by atoms with E-state index in [2.05, 4.69) is 26.3 Å². The lowest BCUT2D eigenvalue weighted by Crippen LogP contribution is -2.13. The van der Waals surface area contributed by atoms with Crippen LogP contribution in [-0.4, -0.2) is 23.9 Å². The van der Waals surface area contributed by atoms with Crippen LogP contribution >= 0.6 is 0 Å². The molecule has 0 saturated carbocycles. The first-order valence-electron chi connectivity index (χ1n) is 17.7. The number of ether oxygens (including phenoxy) is 4. The van der Waals surface area contributed by atoms with Crippen LogP contribution < -0.4 is 18.9 Å². The Kier molecular flexibility index (Phi) is 12.3. The third-order valence-electron chi connectivity index (χ3n) is 8.89. The molecule has 0 heterocycles. The summed E-state index contributed by atoms with van der Waals surface area (Å²) in [5.41, 5.74) is 6.98. The lowest BCUT2D eigenvalue weighted by atomic mass is 9.81. The third-order valence-corrected chi connectivity index (χ3v) is 8.89. The van der Waals surface area contributed by atoms with Gasteiger partial charge in [0.15, 0.2) is 0 Å². The monoisotopic (exact) mass is 752 g/mol. The first kappa shape index (κ1) is 38.9. The highest BCUT2D eigenvalue weighted by molar-refractivity contribution is 5.86. The van der Waals surface area contributed by atoms with Crippen molar-refractivity contribution in [1.29, 1.82) is 0 Å². The molecule has 0 aliphatic heterocycles. The zero-order valence-electron chi connectivity index (χ0n) is 30.8. The normalized spacial score (nSPS) is 10.5. The summed E-state index contributed by atoms with van der Waals surface area (Å²) < 4.78 is 22.3. The van der Waals surface area contributed by atoms with E-state index in [4.69, 9.17) is 18.9 Å². The van der Waals surface area contributed by atoms with Crippen LogP contribution in [0, 0.1) is 0 Å². The van der Waals surface area contributed by atoms with E-state index < -0.39 is 29.8 Å². The molecule has 0 aliphatic carbocycles. The second-order valence-corrected chi connectivity index (χ2v) is 12.5. The lowest BCUT2D eigenvalue weighted by Gasteiger charge is -2.25. The molecule has 0 atom stereocenters. The summed E-state index contributed by atoms with van der Waals surface area (Å²) in [6.45, 7) is 14.1. The fourth-order valence-electron chi connectivity index (χ4n) is 6.16. The van der Waals surface area contributed by atoms with Crippen molar-refractivity contribution in [2.24, 2.45) is 0 Å². The molecule has 0 spiro atoms. The Morgan fingerprint density at radius 1 is 0.386 bits per heavy atom. The quantitative estimate of drug-likeness (QED) is 0.0469. The van der Waals surface area contributed by atoms with E-state index in [1.54, 1.807) is 60.7 Å². The number of carbonyl (C=O) groups excluding carboxylic acids is 4. The van der Waals surface area contributed by atoms with Gasteiger partial charge in [-0.05, 0) is 87.5 Å². The van der Waals surface area contributed by atoms with Crippen LogP contribution in [0.4, 0.5) is 0 Å². The van der Waals surface area contributed by atoms with Crippen molar-refractivity contribution in [3.05, 3.63) is 207 Å². The van der Waals surface area contributed by atoms with Crippen LogP contribution in [0.5, 0.6) is 23.0 Å². The Hall–Kier alpha value is -7.84. The first-order chi connectivity index (χ1) is 27.7. The summed E-state index contributed by atoms with van der Waals surface area (Å²) in [6, 6.07) is 42.6. The van der Waals surface area contributed by atoms with Crippen molar-refractivity contribution >= 4 is 23.9 Å². The maximum atomic E-state index is 12.8. The summed E-state index contributed by atoms with van der Waals surface area (Å²) in [7, 11) is 0. The number of hydrogen-bond acceptors (Lipinski definition) is 8. The van der Waals surface area contributed by atoms with Gasteiger partial charge < -0.3 is 18.9 Å². The molecule has 0 aromatic heterocycles. The topological polar surface area (TPSA) is 105 Å². The summed E-state index contributed by atoms with van der Waals surface area (Å²) in [5, 5.41) is 0. The Morgan fingerprint density at radius 3 is 1.12 bits per heavy atom. The van der Waals surface area contributed by atoms with Crippen molar-refractivity contribution in [3.63, 3.8) is 0 Å². The number of carbonyl (C=O) groups is 4. The third kappa shape index (κ3) is 9.46. The van der Waals surface area contributed by atoms with Gasteiger partial charge in [0.25, 0.3) is 0 Å². The molecule has 57 heavy (non-hydrogen) atoms. The highest BCUT2D eigenvalue weighted by atomic mass is 16.5. The maximum absolute atomic E-state index is 12.8. The largest absolute Gasteiger partial charge is 0.423 e. The van der Waals surface area contributed by atoms with E-state index in [1.807, 2.05) is 78.9 Å². The van der Waals surface area contributed by atoms with E-state index in [-0.39, 0.29) is 11.5 Å². The highest BCUT2D eigenvalue weighted by Gasteiger charge is 2.27. The van der Waals surface area contributed by atoms with Gasteiger partial charge in [-0.3, -0.25) is 0 Å². The lowest BCUT2D eigenvalue weighted by molar-refractivity contribution is -0.129. The molecule has 0 N–H and O–H groups in total. The molecule has 6 aromatic rings. The van der Waals surface area contributed by atoms with Crippen LogP contribution in [0.2, 0.25) is 0 Å². The smallest absolute Gasteiger partial charge is 0.335 e. The Morgan fingerprint density at radius 2 is 0.719 bits per heavy atom. The van der Waals surface area contributed by atoms with E-state index in [0.717, 1.165) is 63.2 Å². The van der Waals surface area contributed by atoms with Crippen molar-refractivity contribution < 1.29 is 38.1 Å². The van der Waals surface area contributed by atoms with Gasteiger partial charge in [0.2, 0.25) is 0 Å². The van der Waals surface area contributed by atoms with E-state index in [9.17, 15) is 19.2 Å². The van der Waals surface area contributed by atoms with Crippen molar-refractivity contribution in [2.45, 2.75) is 5.92 Å². The number of rotatable bonds is 14. The summed E-state index contributed by atoms with van der Waals surface area (Å²) in [4.78, 5) is 49.3. The molecule has 280 valence electrons. The molecule has 0 saturated heterocycles. The Labute approximate surface area is 330 Å². The number of hydrogen-bond donors (Lipinski definition) is 0. The van der Waals surface area contributed by atoms with Crippen molar-refractivity contribution in [2.75, 3.05) is 0 Å². The minimum absolute atomic E-state index is 0.247. The molecule has 6 aromatic carbocycles.